The molecule has 5 nitrogen and oxygen atoms in total. The maximum Gasteiger partial charge on any atom is 0.509 e. The smallest absolute Gasteiger partial charge is 0.463 e. The molecule has 0 bridgehead atoms. The highest BCUT2D eigenvalue weighted by Crippen LogP contribution is 2.07. The molecule has 1 aliphatic rings. The van der Waals surface area contributed by atoms with Gasteiger partial charge in [-0.3, -0.25) is 0 Å². The fourth-order valence-electron chi connectivity index (χ4n) is 0.679. The Morgan fingerprint density at radius 1 is 1.82 bits per heavy atom. The Kier molecular flexibility index (Phi) is 2.30. The maximum absolute atomic E-state index is 10.8. The van der Waals surface area contributed by atoms with Gasteiger partial charge in [-0.1, -0.05) is 0 Å². The van der Waals surface area contributed by atoms with Crippen LogP contribution in [0.2, 0.25) is 0 Å². The summed E-state index contributed by atoms with van der Waals surface area (Å²) < 4.78 is 13.4. The summed E-state index contributed by atoms with van der Waals surface area (Å²) in [5.41, 5.74) is 0. The molecule has 1 unspecified atom stereocenters. The molecule has 0 aliphatic carbocycles. The van der Waals surface area contributed by atoms with Gasteiger partial charge in [0.1, 0.15) is 6.61 Å². The molecule has 11 heavy (non-hydrogen) atoms. The molecule has 1 saturated heterocycles. The van der Waals surface area contributed by atoms with Gasteiger partial charge in [0.25, 0.3) is 0 Å². The van der Waals surface area contributed by atoms with E-state index in [1.165, 1.54) is 0 Å². The zero-order valence-electron chi connectivity index (χ0n) is 6.03. The van der Waals surface area contributed by atoms with Crippen molar-refractivity contribution < 1.29 is 23.8 Å². The number of hydrogen-bond donors (Lipinski definition) is 0. The van der Waals surface area contributed by atoms with Crippen molar-refractivity contribution in [2.24, 2.45) is 0 Å². The molecular formula is C6H8O5. The summed E-state index contributed by atoms with van der Waals surface area (Å²) in [6.45, 7) is 1.90. The van der Waals surface area contributed by atoms with Crippen LogP contribution in [0.25, 0.3) is 0 Å². The lowest BCUT2D eigenvalue weighted by Crippen LogP contribution is -2.25. The highest BCUT2D eigenvalue weighted by atomic mass is 16.8. The van der Waals surface area contributed by atoms with E-state index >= 15 is 0 Å². The molecule has 62 valence electrons. The lowest BCUT2D eigenvalue weighted by atomic mass is 10.4. The molecule has 0 saturated carbocycles. The first kappa shape index (κ1) is 7.84. The summed E-state index contributed by atoms with van der Waals surface area (Å²) in [4.78, 5) is 21.1. The van der Waals surface area contributed by atoms with Crippen LogP contribution >= 0.6 is 0 Å². The Morgan fingerprint density at radius 2 is 2.55 bits per heavy atom. The van der Waals surface area contributed by atoms with Gasteiger partial charge in [0.05, 0.1) is 6.61 Å². The lowest BCUT2D eigenvalue weighted by Gasteiger charge is -2.03. The fourth-order valence-corrected chi connectivity index (χ4v) is 0.679. The minimum Gasteiger partial charge on any atom is -0.463 e. The average molecular weight is 160 g/mol. The van der Waals surface area contributed by atoms with Gasteiger partial charge in [0, 0.05) is 0 Å². The number of esters is 1. The number of cyclic esters (lactones) is 2. The highest BCUT2D eigenvalue weighted by molar-refractivity contribution is 5.79. The van der Waals surface area contributed by atoms with Crippen LogP contribution in [0.5, 0.6) is 0 Å². The van der Waals surface area contributed by atoms with E-state index < -0.39 is 18.2 Å². The Bertz CT molecular complexity index is 176. The van der Waals surface area contributed by atoms with Gasteiger partial charge in [-0.25, -0.2) is 9.59 Å². The van der Waals surface area contributed by atoms with Crippen molar-refractivity contribution in [3.8, 4) is 0 Å². The van der Waals surface area contributed by atoms with Crippen LogP contribution in [0.1, 0.15) is 6.92 Å². The van der Waals surface area contributed by atoms with Crippen LogP contribution in [-0.4, -0.2) is 31.4 Å². The minimum absolute atomic E-state index is 0.0440. The third kappa shape index (κ3) is 1.83. The molecule has 0 spiro atoms. The van der Waals surface area contributed by atoms with Crippen molar-refractivity contribution in [1.29, 1.82) is 0 Å². The van der Waals surface area contributed by atoms with Crippen LogP contribution in [0.4, 0.5) is 4.79 Å². The number of carbonyl (C=O) groups is 2. The first-order chi connectivity index (χ1) is 5.24. The van der Waals surface area contributed by atoms with E-state index in [1.54, 1.807) is 6.92 Å². The van der Waals surface area contributed by atoms with E-state index in [0.717, 1.165) is 0 Å². The van der Waals surface area contributed by atoms with E-state index in [9.17, 15) is 9.59 Å². The predicted molar refractivity (Wildman–Crippen MR) is 32.9 cm³/mol. The van der Waals surface area contributed by atoms with Gasteiger partial charge in [-0.15, -0.1) is 0 Å². The van der Waals surface area contributed by atoms with Gasteiger partial charge in [-0.05, 0) is 6.92 Å². The molecule has 1 atom stereocenters. The quantitative estimate of drug-likeness (QED) is 0.535. The molecule has 5 heteroatoms. The van der Waals surface area contributed by atoms with Crippen molar-refractivity contribution in [3.05, 3.63) is 0 Å². The van der Waals surface area contributed by atoms with Crippen molar-refractivity contribution in [2.45, 2.75) is 13.0 Å². The third-order valence-corrected chi connectivity index (χ3v) is 1.14. The standard InChI is InChI=1S/C6H8O5/c1-2-9-5(7)4-3-10-6(8)11-4/h4H,2-3H2,1H3. The Balaban J connectivity index is 2.37. The second-order valence-electron chi connectivity index (χ2n) is 1.92. The summed E-state index contributed by atoms with van der Waals surface area (Å²) in [5, 5.41) is 0. The maximum atomic E-state index is 10.8. The molecule has 0 N–H and O–H groups in total. The number of carbonyl (C=O) groups excluding carboxylic acids is 2. The molecule has 0 aromatic rings. The molecule has 1 fully saturated rings. The number of hydrogen-bond acceptors (Lipinski definition) is 5. The Hall–Kier alpha value is -1.26. The fraction of sp³-hybridized carbons (Fsp3) is 0.667. The van der Waals surface area contributed by atoms with Gasteiger partial charge in [-0.2, -0.15) is 0 Å². The monoisotopic (exact) mass is 160 g/mol. The van der Waals surface area contributed by atoms with E-state index in [4.69, 9.17) is 0 Å². The second-order valence-corrected chi connectivity index (χ2v) is 1.92. The minimum atomic E-state index is -0.873. The van der Waals surface area contributed by atoms with Gasteiger partial charge >= 0.3 is 12.1 Å². The summed E-state index contributed by atoms with van der Waals surface area (Å²) in [5.74, 6) is -0.557. The highest BCUT2D eigenvalue weighted by Gasteiger charge is 2.32. The van der Waals surface area contributed by atoms with Crippen molar-refractivity contribution >= 4 is 12.1 Å². The summed E-state index contributed by atoms with van der Waals surface area (Å²) >= 11 is 0. The largest absolute Gasteiger partial charge is 0.509 e. The zero-order valence-corrected chi connectivity index (χ0v) is 6.03. The van der Waals surface area contributed by atoms with E-state index in [0.29, 0.717) is 0 Å². The van der Waals surface area contributed by atoms with Crippen LogP contribution in [0.15, 0.2) is 0 Å². The molecular weight excluding hydrogens is 152 g/mol. The molecule has 0 amide bonds. The van der Waals surface area contributed by atoms with E-state index in [1.807, 2.05) is 0 Å². The van der Waals surface area contributed by atoms with Gasteiger partial charge in [0.2, 0.25) is 6.10 Å². The van der Waals surface area contributed by atoms with Crippen LogP contribution in [-0.2, 0) is 19.0 Å². The van der Waals surface area contributed by atoms with Gasteiger partial charge in [0.15, 0.2) is 0 Å². The first-order valence-electron chi connectivity index (χ1n) is 3.24. The third-order valence-electron chi connectivity index (χ3n) is 1.14. The van der Waals surface area contributed by atoms with E-state index in [-0.39, 0.29) is 13.2 Å². The van der Waals surface area contributed by atoms with Crippen molar-refractivity contribution in [3.63, 3.8) is 0 Å². The second kappa shape index (κ2) is 3.23. The summed E-state index contributed by atoms with van der Waals surface area (Å²) in [6.07, 6.45) is -1.69. The van der Waals surface area contributed by atoms with Gasteiger partial charge < -0.3 is 14.2 Å². The molecule has 0 aromatic heterocycles. The molecule has 1 heterocycles. The first-order valence-corrected chi connectivity index (χ1v) is 3.24. The van der Waals surface area contributed by atoms with E-state index in [2.05, 4.69) is 14.2 Å². The number of ether oxygens (including phenoxy) is 3. The van der Waals surface area contributed by atoms with Crippen LogP contribution < -0.4 is 0 Å². The lowest BCUT2D eigenvalue weighted by molar-refractivity contribution is -0.151. The topological polar surface area (TPSA) is 61.8 Å². The van der Waals surface area contributed by atoms with Crippen molar-refractivity contribution in [1.82, 2.24) is 0 Å². The summed E-state index contributed by atoms with van der Waals surface area (Å²) in [7, 11) is 0. The van der Waals surface area contributed by atoms with Crippen molar-refractivity contribution in [2.75, 3.05) is 13.2 Å². The van der Waals surface area contributed by atoms with Crippen LogP contribution in [0.3, 0.4) is 0 Å². The normalized spacial score (nSPS) is 22.3. The Morgan fingerprint density at radius 3 is 3.00 bits per heavy atom. The predicted octanol–water partition coefficient (Wildman–Crippen LogP) is 0.0849. The average Bonchev–Trinajstić information content (AvgIpc) is 2.36. The zero-order chi connectivity index (χ0) is 8.27. The molecule has 1 rings (SSSR count). The SMILES string of the molecule is CCOC(=O)C1COC(=O)O1. The Labute approximate surface area is 63.2 Å². The number of rotatable bonds is 2. The van der Waals surface area contributed by atoms with Crippen LogP contribution in [0, 0.1) is 0 Å². The molecule has 0 radical (unpaired) electrons. The summed E-state index contributed by atoms with van der Waals surface area (Å²) in [6, 6.07) is 0. The molecule has 0 aromatic carbocycles. The molecule has 1 aliphatic heterocycles.